The molecule has 0 aliphatic rings. The molecule has 0 N–H and O–H groups in total. The van der Waals surface area contributed by atoms with Crippen LogP contribution in [0.2, 0.25) is 0 Å². The van der Waals surface area contributed by atoms with E-state index in [1.807, 2.05) is 0 Å². The number of ether oxygens (including phenoxy) is 2. The largest absolute Gasteiger partial charge is 0.497 e. The molecule has 1 aromatic heterocycles. The predicted octanol–water partition coefficient (Wildman–Crippen LogP) is 2.71. The summed E-state index contributed by atoms with van der Waals surface area (Å²) in [6.07, 6.45) is 1.92. The summed E-state index contributed by atoms with van der Waals surface area (Å²) in [5.74, 6) is 1.000. The smallest absolute Gasteiger partial charge is 0.268 e. The van der Waals surface area contributed by atoms with Crippen molar-refractivity contribution < 1.29 is 22.7 Å². The van der Waals surface area contributed by atoms with E-state index in [0.29, 0.717) is 28.7 Å². The van der Waals surface area contributed by atoms with Crippen LogP contribution < -0.4 is 9.47 Å². The number of nitrogens with zero attached hydrogens (tertiary/aromatic N) is 1. The first-order chi connectivity index (χ1) is 11.5. The lowest BCUT2D eigenvalue weighted by molar-refractivity contribution is 0.112. The van der Waals surface area contributed by atoms with Crippen LogP contribution in [0.15, 0.2) is 53.6 Å². The molecule has 7 heteroatoms. The molecule has 0 fully saturated rings. The maximum absolute atomic E-state index is 12.9. The van der Waals surface area contributed by atoms with E-state index < -0.39 is 10.0 Å². The number of aromatic nitrogens is 1. The zero-order valence-electron chi connectivity index (χ0n) is 13.1. The first kappa shape index (κ1) is 16.1. The van der Waals surface area contributed by atoms with Crippen LogP contribution in [-0.4, -0.2) is 32.9 Å². The maximum Gasteiger partial charge on any atom is 0.268 e. The molecule has 0 unspecified atom stereocenters. The van der Waals surface area contributed by atoms with Crippen molar-refractivity contribution in [2.24, 2.45) is 0 Å². The molecule has 0 spiro atoms. The van der Waals surface area contributed by atoms with Crippen LogP contribution in [0.5, 0.6) is 11.5 Å². The first-order valence-corrected chi connectivity index (χ1v) is 8.50. The molecule has 3 aromatic rings. The van der Waals surface area contributed by atoms with Gasteiger partial charge in [0.15, 0.2) is 6.29 Å². The zero-order valence-corrected chi connectivity index (χ0v) is 13.9. The molecular formula is C17H15NO5S. The summed E-state index contributed by atoms with van der Waals surface area (Å²) in [7, 11) is -0.882. The van der Waals surface area contributed by atoms with E-state index >= 15 is 0 Å². The molecule has 1 heterocycles. The fraction of sp³-hybridized carbons (Fsp3) is 0.118. The Balaban J connectivity index is 2.26. The van der Waals surface area contributed by atoms with Crippen LogP contribution in [0.25, 0.3) is 10.9 Å². The summed E-state index contributed by atoms with van der Waals surface area (Å²) < 4.78 is 37.3. The summed E-state index contributed by atoms with van der Waals surface area (Å²) in [5, 5.41) is 0.465. The van der Waals surface area contributed by atoms with E-state index in [9.17, 15) is 13.2 Å². The highest BCUT2D eigenvalue weighted by atomic mass is 32.2. The highest BCUT2D eigenvalue weighted by Crippen LogP contribution is 2.32. The molecule has 24 heavy (non-hydrogen) atoms. The Morgan fingerprint density at radius 3 is 2.29 bits per heavy atom. The number of fused-ring (bicyclic) bond motifs is 1. The minimum Gasteiger partial charge on any atom is -0.497 e. The highest BCUT2D eigenvalue weighted by Gasteiger charge is 2.22. The Bertz CT molecular complexity index is 1000. The minimum absolute atomic E-state index is 0.0977. The van der Waals surface area contributed by atoms with Gasteiger partial charge in [-0.2, -0.15) is 0 Å². The van der Waals surface area contributed by atoms with Gasteiger partial charge in [-0.25, -0.2) is 12.4 Å². The Morgan fingerprint density at radius 1 is 1.00 bits per heavy atom. The number of carbonyl (C=O) groups is 1. The van der Waals surface area contributed by atoms with Gasteiger partial charge in [-0.05, 0) is 36.4 Å². The van der Waals surface area contributed by atoms with Crippen molar-refractivity contribution in [3.8, 4) is 11.5 Å². The van der Waals surface area contributed by atoms with Crippen LogP contribution in [0.4, 0.5) is 0 Å². The average molecular weight is 345 g/mol. The molecule has 0 saturated carbocycles. The average Bonchev–Trinajstić information content (AvgIpc) is 3.01. The van der Waals surface area contributed by atoms with Crippen LogP contribution in [0.1, 0.15) is 10.4 Å². The number of hydrogen-bond donors (Lipinski definition) is 0. The summed E-state index contributed by atoms with van der Waals surface area (Å²) in [6.45, 7) is 0. The van der Waals surface area contributed by atoms with Gasteiger partial charge < -0.3 is 9.47 Å². The van der Waals surface area contributed by atoms with Gasteiger partial charge in [-0.1, -0.05) is 6.07 Å². The van der Waals surface area contributed by atoms with E-state index in [0.717, 1.165) is 3.97 Å². The standard InChI is InChI=1S/C17H15NO5S/c1-22-13-6-8-14(9-7-13)24(20,21)18-10-12(11-19)17-15(18)4-3-5-16(17)23-2/h3-11H,1-2H3. The molecule has 0 radical (unpaired) electrons. The topological polar surface area (TPSA) is 74.6 Å². The molecule has 0 amide bonds. The number of carbonyl (C=O) groups excluding carboxylic acids is 1. The van der Waals surface area contributed by atoms with Gasteiger partial charge in [0.25, 0.3) is 10.0 Å². The number of benzene rings is 2. The molecule has 0 aliphatic heterocycles. The molecular weight excluding hydrogens is 330 g/mol. The molecule has 0 saturated heterocycles. The number of aldehydes is 1. The van der Waals surface area contributed by atoms with Crippen molar-refractivity contribution in [2.45, 2.75) is 4.90 Å². The summed E-state index contributed by atoms with van der Waals surface area (Å²) >= 11 is 0. The fourth-order valence-electron chi connectivity index (χ4n) is 2.57. The third-order valence-electron chi connectivity index (χ3n) is 3.75. The lowest BCUT2D eigenvalue weighted by Crippen LogP contribution is -2.11. The maximum atomic E-state index is 12.9. The third-order valence-corrected chi connectivity index (χ3v) is 5.44. The van der Waals surface area contributed by atoms with Crippen LogP contribution in [-0.2, 0) is 10.0 Å². The first-order valence-electron chi connectivity index (χ1n) is 7.06. The van der Waals surface area contributed by atoms with Gasteiger partial charge in [0.1, 0.15) is 11.5 Å². The predicted molar refractivity (Wildman–Crippen MR) is 89.5 cm³/mol. The second-order valence-corrected chi connectivity index (χ2v) is 6.85. The van der Waals surface area contributed by atoms with Crippen molar-refractivity contribution in [2.75, 3.05) is 14.2 Å². The Hall–Kier alpha value is -2.80. The van der Waals surface area contributed by atoms with Crippen molar-refractivity contribution >= 4 is 27.2 Å². The van der Waals surface area contributed by atoms with E-state index in [1.165, 1.54) is 32.5 Å². The van der Waals surface area contributed by atoms with Gasteiger partial charge in [0.2, 0.25) is 0 Å². The molecule has 0 atom stereocenters. The fourth-order valence-corrected chi connectivity index (χ4v) is 3.94. The van der Waals surface area contributed by atoms with Crippen LogP contribution >= 0.6 is 0 Å². The van der Waals surface area contributed by atoms with Crippen molar-refractivity contribution in [3.63, 3.8) is 0 Å². The monoisotopic (exact) mass is 345 g/mol. The number of hydrogen-bond acceptors (Lipinski definition) is 5. The summed E-state index contributed by atoms with van der Waals surface area (Å²) in [6, 6.07) is 11.0. The van der Waals surface area contributed by atoms with Gasteiger partial charge in [0.05, 0.1) is 30.0 Å². The molecule has 3 rings (SSSR count). The van der Waals surface area contributed by atoms with E-state index in [-0.39, 0.29) is 10.5 Å². The Labute approximate surface area is 139 Å². The van der Waals surface area contributed by atoms with Crippen LogP contribution in [0, 0.1) is 0 Å². The molecule has 124 valence electrons. The minimum atomic E-state index is -3.86. The lowest BCUT2D eigenvalue weighted by atomic mass is 10.2. The van der Waals surface area contributed by atoms with Crippen molar-refractivity contribution in [1.29, 1.82) is 0 Å². The zero-order chi connectivity index (χ0) is 17.3. The molecule has 0 aliphatic carbocycles. The van der Waals surface area contributed by atoms with Gasteiger partial charge in [0, 0.05) is 11.8 Å². The van der Waals surface area contributed by atoms with Gasteiger partial charge >= 0.3 is 0 Å². The second kappa shape index (κ2) is 6.01. The Kier molecular flexibility index (Phi) is 4.02. The quantitative estimate of drug-likeness (QED) is 0.665. The van der Waals surface area contributed by atoms with Crippen LogP contribution in [0.3, 0.4) is 0 Å². The third kappa shape index (κ3) is 2.43. The van der Waals surface area contributed by atoms with E-state index in [4.69, 9.17) is 9.47 Å². The lowest BCUT2D eigenvalue weighted by Gasteiger charge is -2.09. The van der Waals surface area contributed by atoms with Gasteiger partial charge in [-0.3, -0.25) is 4.79 Å². The van der Waals surface area contributed by atoms with Crippen molar-refractivity contribution in [1.82, 2.24) is 3.97 Å². The van der Waals surface area contributed by atoms with E-state index in [1.54, 1.807) is 30.3 Å². The second-order valence-electron chi connectivity index (χ2n) is 5.03. The molecule has 0 bridgehead atoms. The van der Waals surface area contributed by atoms with Gasteiger partial charge in [-0.15, -0.1) is 0 Å². The summed E-state index contributed by atoms with van der Waals surface area (Å²) in [5.41, 5.74) is 0.631. The normalized spacial score (nSPS) is 11.4. The summed E-state index contributed by atoms with van der Waals surface area (Å²) in [4.78, 5) is 11.5. The SMILES string of the molecule is COc1ccc(S(=O)(=O)n2cc(C=O)c3c(OC)cccc32)cc1. The van der Waals surface area contributed by atoms with E-state index in [2.05, 4.69) is 0 Å². The Morgan fingerprint density at radius 2 is 1.71 bits per heavy atom. The molecule has 6 nitrogen and oxygen atoms in total. The molecule has 2 aromatic carbocycles. The number of methoxy groups -OCH3 is 2. The van der Waals surface area contributed by atoms with Crippen molar-refractivity contribution in [3.05, 3.63) is 54.2 Å². The number of rotatable bonds is 5. The highest BCUT2D eigenvalue weighted by molar-refractivity contribution is 7.90.